The maximum absolute atomic E-state index is 12.8. The average Bonchev–Trinajstić information content (AvgIpc) is 2.65. The third kappa shape index (κ3) is 4.02. The summed E-state index contributed by atoms with van der Waals surface area (Å²) in [5.74, 6) is -0.157. The first-order valence-corrected chi connectivity index (χ1v) is 8.97. The molecule has 1 saturated heterocycles. The molecule has 1 fully saturated rings. The van der Waals surface area contributed by atoms with E-state index in [2.05, 4.69) is 41.1 Å². The van der Waals surface area contributed by atoms with E-state index in [1.54, 1.807) is 11.1 Å². The quantitative estimate of drug-likeness (QED) is 0.625. The number of piperidine rings is 1. The zero-order chi connectivity index (χ0) is 17.8. The minimum absolute atomic E-state index is 0.157. The molecule has 0 atom stereocenters. The molecule has 132 valence electrons. The Labute approximate surface area is 150 Å². The Morgan fingerprint density at radius 1 is 1.24 bits per heavy atom. The molecule has 1 aromatic carbocycles. The van der Waals surface area contributed by atoms with Gasteiger partial charge in [0.1, 0.15) is 11.6 Å². The van der Waals surface area contributed by atoms with E-state index in [1.807, 2.05) is 13.1 Å². The fourth-order valence-electron chi connectivity index (χ4n) is 3.68. The van der Waals surface area contributed by atoms with Gasteiger partial charge in [-0.1, -0.05) is 24.3 Å². The molecule has 0 aromatic heterocycles. The summed E-state index contributed by atoms with van der Waals surface area (Å²) in [4.78, 5) is 18.9. The maximum Gasteiger partial charge on any atom is 0.265 e. The molecule has 0 aliphatic carbocycles. The molecule has 0 spiro atoms. The molecular formula is C20H26N4O. The number of benzene rings is 1. The van der Waals surface area contributed by atoms with Gasteiger partial charge in [-0.25, -0.2) is 0 Å². The number of likely N-dealkylation sites (tertiary alicyclic amines) is 1. The van der Waals surface area contributed by atoms with Crippen molar-refractivity contribution >= 4 is 5.91 Å². The predicted octanol–water partition coefficient (Wildman–Crippen LogP) is 2.00. The lowest BCUT2D eigenvalue weighted by atomic mass is 10.00. The molecule has 0 N–H and O–H groups in total. The largest absolute Gasteiger partial charge is 0.371 e. The van der Waals surface area contributed by atoms with Gasteiger partial charge in [-0.15, -0.1) is 0 Å². The number of rotatable bonds is 3. The van der Waals surface area contributed by atoms with Gasteiger partial charge in [0.05, 0.1) is 0 Å². The Bertz CT molecular complexity index is 698. The average molecular weight is 338 g/mol. The highest BCUT2D eigenvalue weighted by molar-refractivity contribution is 5.97. The van der Waals surface area contributed by atoms with Gasteiger partial charge in [0.15, 0.2) is 0 Å². The standard InChI is InChI=1S/C20H26N4O/c1-22-10-8-19(9-11-22)23(2)20(25)18(13-21)15-24-12-7-16-5-3-4-6-17(16)14-24/h3-6,15,19H,7-12,14H2,1-2H3/b18-15-. The molecule has 0 unspecified atom stereocenters. The number of hydrogen-bond acceptors (Lipinski definition) is 4. The molecule has 2 aliphatic rings. The Balaban J connectivity index is 1.68. The lowest BCUT2D eigenvalue weighted by Gasteiger charge is -2.35. The third-order valence-electron chi connectivity index (χ3n) is 5.38. The minimum Gasteiger partial charge on any atom is -0.371 e. The van der Waals surface area contributed by atoms with E-state index in [-0.39, 0.29) is 17.5 Å². The first kappa shape index (κ1) is 17.5. The number of carbonyl (C=O) groups is 1. The monoisotopic (exact) mass is 338 g/mol. The van der Waals surface area contributed by atoms with E-state index in [4.69, 9.17) is 0 Å². The van der Waals surface area contributed by atoms with Crippen LogP contribution in [0.4, 0.5) is 0 Å². The maximum atomic E-state index is 12.8. The molecule has 0 radical (unpaired) electrons. The van der Waals surface area contributed by atoms with E-state index in [9.17, 15) is 10.1 Å². The molecule has 5 nitrogen and oxygen atoms in total. The van der Waals surface area contributed by atoms with Crippen molar-refractivity contribution in [2.24, 2.45) is 0 Å². The fourth-order valence-corrected chi connectivity index (χ4v) is 3.68. The van der Waals surface area contributed by atoms with Crippen LogP contribution in [0.5, 0.6) is 0 Å². The molecule has 0 saturated carbocycles. The summed E-state index contributed by atoms with van der Waals surface area (Å²) in [5.41, 5.74) is 2.87. The molecule has 5 heteroatoms. The number of nitrogens with zero attached hydrogens (tertiary/aromatic N) is 4. The van der Waals surface area contributed by atoms with Crippen LogP contribution in [0.3, 0.4) is 0 Å². The summed E-state index contributed by atoms with van der Waals surface area (Å²) in [6.45, 7) is 3.59. The number of likely N-dealkylation sites (N-methyl/N-ethyl adjacent to an activating group) is 1. The Morgan fingerprint density at radius 3 is 2.60 bits per heavy atom. The van der Waals surface area contributed by atoms with Crippen LogP contribution < -0.4 is 0 Å². The van der Waals surface area contributed by atoms with Gasteiger partial charge >= 0.3 is 0 Å². The number of amides is 1. The van der Waals surface area contributed by atoms with Crippen LogP contribution in [-0.4, -0.2) is 60.4 Å². The topological polar surface area (TPSA) is 50.6 Å². The van der Waals surface area contributed by atoms with Gasteiger partial charge in [-0.05, 0) is 50.5 Å². The summed E-state index contributed by atoms with van der Waals surface area (Å²) in [6, 6.07) is 10.7. The summed E-state index contributed by atoms with van der Waals surface area (Å²) in [5, 5.41) is 9.51. The van der Waals surface area contributed by atoms with E-state index in [0.29, 0.717) is 0 Å². The predicted molar refractivity (Wildman–Crippen MR) is 97.5 cm³/mol. The van der Waals surface area contributed by atoms with Crippen molar-refractivity contribution in [3.8, 4) is 6.07 Å². The Kier molecular flexibility index (Phi) is 5.40. The van der Waals surface area contributed by atoms with Gasteiger partial charge in [-0.2, -0.15) is 5.26 Å². The SMILES string of the molecule is CN1CCC(N(C)C(=O)/C(C#N)=C\N2CCc3ccccc3C2)CC1. The highest BCUT2D eigenvalue weighted by atomic mass is 16.2. The highest BCUT2D eigenvalue weighted by Crippen LogP contribution is 2.20. The number of nitriles is 1. The van der Waals surface area contributed by atoms with Crippen LogP contribution in [0.25, 0.3) is 0 Å². The smallest absolute Gasteiger partial charge is 0.265 e. The third-order valence-corrected chi connectivity index (χ3v) is 5.38. The molecule has 2 heterocycles. The summed E-state index contributed by atoms with van der Waals surface area (Å²) in [6.07, 6.45) is 4.64. The van der Waals surface area contributed by atoms with Crippen molar-refractivity contribution in [1.29, 1.82) is 5.26 Å². The van der Waals surface area contributed by atoms with Crippen LogP contribution in [0, 0.1) is 11.3 Å². The molecular weight excluding hydrogens is 312 g/mol. The lowest BCUT2D eigenvalue weighted by molar-refractivity contribution is -0.128. The van der Waals surface area contributed by atoms with E-state index in [1.165, 1.54) is 11.1 Å². The first-order valence-electron chi connectivity index (χ1n) is 8.97. The van der Waals surface area contributed by atoms with Crippen molar-refractivity contribution in [3.63, 3.8) is 0 Å². The second-order valence-corrected chi connectivity index (χ2v) is 7.09. The number of fused-ring (bicyclic) bond motifs is 1. The molecule has 2 aliphatic heterocycles. The van der Waals surface area contributed by atoms with Crippen molar-refractivity contribution in [2.45, 2.75) is 31.8 Å². The van der Waals surface area contributed by atoms with Crippen molar-refractivity contribution in [1.82, 2.24) is 14.7 Å². The van der Waals surface area contributed by atoms with Gasteiger partial charge in [0, 0.05) is 32.4 Å². The number of carbonyl (C=O) groups excluding carboxylic acids is 1. The molecule has 1 aromatic rings. The number of hydrogen-bond donors (Lipinski definition) is 0. The van der Waals surface area contributed by atoms with E-state index < -0.39 is 0 Å². The summed E-state index contributed by atoms with van der Waals surface area (Å²) in [7, 11) is 3.93. The van der Waals surface area contributed by atoms with E-state index in [0.717, 1.165) is 45.4 Å². The van der Waals surface area contributed by atoms with Gasteiger partial charge < -0.3 is 14.7 Å². The van der Waals surface area contributed by atoms with Gasteiger partial charge in [0.25, 0.3) is 5.91 Å². The fraction of sp³-hybridized carbons (Fsp3) is 0.500. The van der Waals surface area contributed by atoms with Gasteiger partial charge in [-0.3, -0.25) is 4.79 Å². The summed E-state index contributed by atoms with van der Waals surface area (Å²) >= 11 is 0. The van der Waals surface area contributed by atoms with Crippen LogP contribution in [0.15, 0.2) is 36.0 Å². The van der Waals surface area contributed by atoms with Crippen LogP contribution in [-0.2, 0) is 17.8 Å². The van der Waals surface area contributed by atoms with Crippen LogP contribution in [0.1, 0.15) is 24.0 Å². The highest BCUT2D eigenvalue weighted by Gasteiger charge is 2.26. The van der Waals surface area contributed by atoms with E-state index >= 15 is 0 Å². The second-order valence-electron chi connectivity index (χ2n) is 7.09. The minimum atomic E-state index is -0.157. The zero-order valence-electron chi connectivity index (χ0n) is 15.1. The molecule has 0 bridgehead atoms. The molecule has 1 amide bonds. The molecule has 25 heavy (non-hydrogen) atoms. The van der Waals surface area contributed by atoms with Crippen molar-refractivity contribution in [2.75, 3.05) is 33.7 Å². The zero-order valence-corrected chi connectivity index (χ0v) is 15.1. The normalized spacial score (nSPS) is 19.2. The Morgan fingerprint density at radius 2 is 1.92 bits per heavy atom. The van der Waals surface area contributed by atoms with Crippen LogP contribution in [0.2, 0.25) is 0 Å². The van der Waals surface area contributed by atoms with Crippen molar-refractivity contribution in [3.05, 3.63) is 47.2 Å². The summed E-state index contributed by atoms with van der Waals surface area (Å²) < 4.78 is 0. The first-order chi connectivity index (χ1) is 12.1. The lowest BCUT2D eigenvalue weighted by Crippen LogP contribution is -2.45. The van der Waals surface area contributed by atoms with Gasteiger partial charge in [0.2, 0.25) is 0 Å². The Hall–Kier alpha value is -2.32. The second kappa shape index (κ2) is 7.71. The van der Waals surface area contributed by atoms with Crippen molar-refractivity contribution < 1.29 is 4.79 Å². The van der Waals surface area contributed by atoms with Crippen LogP contribution >= 0.6 is 0 Å². The molecule has 3 rings (SSSR count).